The SMILES string of the molecule is CC(=O)N(C)CC(=O)N(C)Cc1cn[nH]c1. The van der Waals surface area contributed by atoms with E-state index >= 15 is 0 Å². The molecule has 1 aromatic heterocycles. The van der Waals surface area contributed by atoms with Gasteiger partial charge in [0, 0.05) is 39.3 Å². The van der Waals surface area contributed by atoms with E-state index in [9.17, 15) is 9.59 Å². The first-order valence-corrected chi connectivity index (χ1v) is 4.94. The summed E-state index contributed by atoms with van der Waals surface area (Å²) in [5, 5.41) is 6.48. The minimum Gasteiger partial charge on any atom is -0.340 e. The summed E-state index contributed by atoms with van der Waals surface area (Å²) in [5.74, 6) is -0.219. The number of carbonyl (C=O) groups is 2. The third kappa shape index (κ3) is 3.38. The second-order valence-corrected chi connectivity index (χ2v) is 3.73. The molecule has 0 aliphatic carbocycles. The molecule has 0 aliphatic rings. The summed E-state index contributed by atoms with van der Waals surface area (Å²) in [4.78, 5) is 25.6. The Morgan fingerprint density at radius 1 is 1.38 bits per heavy atom. The van der Waals surface area contributed by atoms with Gasteiger partial charge in [0.05, 0.1) is 12.7 Å². The molecule has 16 heavy (non-hydrogen) atoms. The number of aromatic amines is 1. The number of likely N-dealkylation sites (N-methyl/N-ethyl adjacent to an activating group) is 2. The van der Waals surface area contributed by atoms with Gasteiger partial charge in [0.1, 0.15) is 0 Å². The zero-order chi connectivity index (χ0) is 12.1. The number of nitrogens with zero attached hydrogens (tertiary/aromatic N) is 3. The molecule has 88 valence electrons. The fourth-order valence-corrected chi connectivity index (χ4v) is 1.16. The second kappa shape index (κ2) is 5.29. The fourth-order valence-electron chi connectivity index (χ4n) is 1.16. The van der Waals surface area contributed by atoms with E-state index in [-0.39, 0.29) is 18.4 Å². The van der Waals surface area contributed by atoms with E-state index in [0.29, 0.717) is 6.54 Å². The Morgan fingerprint density at radius 2 is 2.06 bits per heavy atom. The minimum absolute atomic E-state index is 0.0982. The van der Waals surface area contributed by atoms with Crippen LogP contribution in [0.3, 0.4) is 0 Å². The van der Waals surface area contributed by atoms with Crippen molar-refractivity contribution in [2.45, 2.75) is 13.5 Å². The van der Waals surface area contributed by atoms with Crippen LogP contribution in [-0.2, 0) is 16.1 Å². The van der Waals surface area contributed by atoms with Crippen LogP contribution in [0, 0.1) is 0 Å². The molecule has 0 fully saturated rings. The molecule has 1 rings (SSSR count). The number of H-pyrrole nitrogens is 1. The number of hydrogen-bond donors (Lipinski definition) is 1. The molecule has 1 heterocycles. The average molecular weight is 224 g/mol. The molecule has 0 aliphatic heterocycles. The van der Waals surface area contributed by atoms with Crippen molar-refractivity contribution < 1.29 is 9.59 Å². The molecule has 6 nitrogen and oxygen atoms in total. The Morgan fingerprint density at radius 3 is 2.56 bits per heavy atom. The third-order valence-electron chi connectivity index (χ3n) is 2.31. The lowest BCUT2D eigenvalue weighted by atomic mass is 10.3. The van der Waals surface area contributed by atoms with Crippen molar-refractivity contribution >= 4 is 11.8 Å². The molecular formula is C10H16N4O2. The lowest BCUT2D eigenvalue weighted by Crippen LogP contribution is -2.38. The highest BCUT2D eigenvalue weighted by Gasteiger charge is 2.13. The van der Waals surface area contributed by atoms with E-state index in [1.54, 1.807) is 31.4 Å². The molecule has 0 spiro atoms. The highest BCUT2D eigenvalue weighted by atomic mass is 16.2. The van der Waals surface area contributed by atoms with Crippen LogP contribution in [0.1, 0.15) is 12.5 Å². The van der Waals surface area contributed by atoms with E-state index in [4.69, 9.17) is 0 Å². The molecule has 6 heteroatoms. The van der Waals surface area contributed by atoms with Crippen molar-refractivity contribution in [1.29, 1.82) is 0 Å². The van der Waals surface area contributed by atoms with E-state index < -0.39 is 0 Å². The minimum atomic E-state index is -0.120. The summed E-state index contributed by atoms with van der Waals surface area (Å²) < 4.78 is 0. The predicted molar refractivity (Wildman–Crippen MR) is 58.4 cm³/mol. The Hall–Kier alpha value is -1.85. The van der Waals surface area contributed by atoms with Gasteiger partial charge in [-0.15, -0.1) is 0 Å². The standard InChI is InChI=1S/C10H16N4O2/c1-8(15)13(2)7-10(16)14(3)6-9-4-11-12-5-9/h4-5H,6-7H2,1-3H3,(H,11,12). The van der Waals surface area contributed by atoms with E-state index in [0.717, 1.165) is 5.56 Å². The lowest BCUT2D eigenvalue weighted by Gasteiger charge is -2.20. The van der Waals surface area contributed by atoms with Crippen molar-refractivity contribution in [3.8, 4) is 0 Å². The molecule has 0 aromatic carbocycles. The van der Waals surface area contributed by atoms with Gasteiger partial charge in [0.15, 0.2) is 0 Å². The first-order valence-electron chi connectivity index (χ1n) is 4.94. The summed E-state index contributed by atoms with van der Waals surface area (Å²) in [6.07, 6.45) is 3.40. The second-order valence-electron chi connectivity index (χ2n) is 3.73. The molecule has 0 radical (unpaired) electrons. The van der Waals surface area contributed by atoms with Crippen molar-refractivity contribution in [3.63, 3.8) is 0 Å². The summed E-state index contributed by atoms with van der Waals surface area (Å²) >= 11 is 0. The molecule has 0 saturated heterocycles. The molecule has 2 amide bonds. The van der Waals surface area contributed by atoms with Crippen molar-refractivity contribution in [2.75, 3.05) is 20.6 Å². The van der Waals surface area contributed by atoms with Crippen LogP contribution in [0.5, 0.6) is 0 Å². The first-order chi connectivity index (χ1) is 7.50. The Labute approximate surface area is 94.2 Å². The van der Waals surface area contributed by atoms with Crippen LogP contribution in [0.15, 0.2) is 12.4 Å². The monoisotopic (exact) mass is 224 g/mol. The van der Waals surface area contributed by atoms with Gasteiger partial charge in [0.25, 0.3) is 0 Å². The van der Waals surface area contributed by atoms with Gasteiger partial charge in [-0.2, -0.15) is 5.10 Å². The lowest BCUT2D eigenvalue weighted by molar-refractivity contribution is -0.137. The van der Waals surface area contributed by atoms with Gasteiger partial charge in [-0.05, 0) is 0 Å². The maximum Gasteiger partial charge on any atom is 0.242 e. The molecule has 0 saturated carbocycles. The average Bonchev–Trinajstić information content (AvgIpc) is 2.69. The van der Waals surface area contributed by atoms with Gasteiger partial charge >= 0.3 is 0 Å². The van der Waals surface area contributed by atoms with Gasteiger partial charge in [-0.3, -0.25) is 14.7 Å². The number of amides is 2. The highest BCUT2D eigenvalue weighted by Crippen LogP contribution is 2.00. The van der Waals surface area contributed by atoms with Gasteiger partial charge < -0.3 is 9.80 Å². The summed E-state index contributed by atoms with van der Waals surface area (Å²) in [6.45, 7) is 2.02. The number of hydrogen-bond acceptors (Lipinski definition) is 3. The topological polar surface area (TPSA) is 69.3 Å². The van der Waals surface area contributed by atoms with Crippen LogP contribution >= 0.6 is 0 Å². The first kappa shape index (κ1) is 12.2. The zero-order valence-electron chi connectivity index (χ0n) is 9.73. The van der Waals surface area contributed by atoms with E-state index in [2.05, 4.69) is 10.2 Å². The largest absolute Gasteiger partial charge is 0.340 e. The summed E-state index contributed by atoms with van der Waals surface area (Å²) in [7, 11) is 3.30. The van der Waals surface area contributed by atoms with Crippen LogP contribution < -0.4 is 0 Å². The quantitative estimate of drug-likeness (QED) is 0.773. The van der Waals surface area contributed by atoms with Gasteiger partial charge in [-0.1, -0.05) is 0 Å². The fraction of sp³-hybridized carbons (Fsp3) is 0.500. The third-order valence-corrected chi connectivity index (χ3v) is 2.31. The number of aromatic nitrogens is 2. The maximum absolute atomic E-state index is 11.7. The highest BCUT2D eigenvalue weighted by molar-refractivity contribution is 5.83. The van der Waals surface area contributed by atoms with Crippen molar-refractivity contribution in [3.05, 3.63) is 18.0 Å². The Balaban J connectivity index is 2.45. The Kier molecular flexibility index (Phi) is 4.04. The van der Waals surface area contributed by atoms with Crippen molar-refractivity contribution in [2.24, 2.45) is 0 Å². The number of nitrogens with one attached hydrogen (secondary N) is 1. The molecule has 0 bridgehead atoms. The van der Waals surface area contributed by atoms with Crippen LogP contribution in [0.4, 0.5) is 0 Å². The smallest absolute Gasteiger partial charge is 0.242 e. The van der Waals surface area contributed by atoms with Gasteiger partial charge in [0.2, 0.25) is 11.8 Å². The van der Waals surface area contributed by atoms with E-state index in [1.165, 1.54) is 11.8 Å². The van der Waals surface area contributed by atoms with E-state index in [1.807, 2.05) is 0 Å². The van der Waals surface area contributed by atoms with Crippen LogP contribution in [0.25, 0.3) is 0 Å². The van der Waals surface area contributed by atoms with Gasteiger partial charge in [-0.25, -0.2) is 0 Å². The molecule has 0 unspecified atom stereocenters. The molecular weight excluding hydrogens is 208 g/mol. The van der Waals surface area contributed by atoms with Crippen LogP contribution in [0.2, 0.25) is 0 Å². The van der Waals surface area contributed by atoms with Crippen molar-refractivity contribution in [1.82, 2.24) is 20.0 Å². The summed E-state index contributed by atoms with van der Waals surface area (Å²) in [6, 6.07) is 0. The summed E-state index contributed by atoms with van der Waals surface area (Å²) in [5.41, 5.74) is 0.932. The van der Waals surface area contributed by atoms with Crippen LogP contribution in [-0.4, -0.2) is 52.5 Å². The Bertz CT molecular complexity index is 361. The normalized spacial score (nSPS) is 9.94. The predicted octanol–water partition coefficient (Wildman–Crippen LogP) is -0.154. The number of rotatable bonds is 4. The number of carbonyl (C=O) groups excluding carboxylic acids is 2. The molecule has 1 aromatic rings. The maximum atomic E-state index is 11.7. The zero-order valence-corrected chi connectivity index (χ0v) is 9.73. The molecule has 1 N–H and O–H groups in total. The molecule has 0 atom stereocenters.